The fourth-order valence-electron chi connectivity index (χ4n) is 4.58. The van der Waals surface area contributed by atoms with Crippen molar-refractivity contribution < 1.29 is 22.7 Å². The van der Waals surface area contributed by atoms with Crippen LogP contribution in [0.25, 0.3) is 0 Å². The van der Waals surface area contributed by atoms with Crippen LogP contribution >= 0.6 is 0 Å². The number of nitrogens with zero attached hydrogens (tertiary/aromatic N) is 2. The maximum Gasteiger partial charge on any atom is 0.264 e. The normalized spacial score (nSPS) is 12.1. The first-order valence-electron chi connectivity index (χ1n) is 14.2. The molecule has 0 bridgehead atoms. The zero-order chi connectivity index (χ0) is 31.0. The molecule has 1 N–H and O–H groups in total. The maximum absolute atomic E-state index is 14.3. The number of hydrogen-bond acceptors (Lipinski definition) is 5. The number of ether oxygens (including phenoxy) is 1. The van der Waals surface area contributed by atoms with Crippen molar-refractivity contribution in [2.45, 2.75) is 65.4 Å². The lowest BCUT2D eigenvalue weighted by molar-refractivity contribution is -0.140. The molecule has 2 amide bonds. The van der Waals surface area contributed by atoms with Crippen molar-refractivity contribution in [2.75, 3.05) is 24.5 Å². The number of carbonyl (C=O) groups excluding carboxylic acids is 2. The molecule has 8 nitrogen and oxygen atoms in total. The Kier molecular flexibility index (Phi) is 11.2. The largest absolute Gasteiger partial charge is 0.495 e. The van der Waals surface area contributed by atoms with Crippen LogP contribution in [0.2, 0.25) is 0 Å². The SMILES string of the molecule is CCC(C(=O)NCC(C)C)N(Cc1ccc(C)cc1)C(=O)CN(c1cc(C)ccc1OC)S(=O)(=O)c1ccc(C)cc1. The molecule has 226 valence electrons. The van der Waals surface area contributed by atoms with E-state index in [-0.39, 0.29) is 29.0 Å². The van der Waals surface area contributed by atoms with Crippen LogP contribution in [-0.2, 0) is 26.2 Å². The molecule has 3 rings (SSSR count). The third-order valence-corrected chi connectivity index (χ3v) is 8.81. The van der Waals surface area contributed by atoms with Crippen molar-refractivity contribution in [2.24, 2.45) is 5.92 Å². The molecule has 0 aliphatic rings. The standard InChI is InChI=1S/C33H43N3O5S/c1-8-29(33(38)34-20-23(2)3)35(21-27-14-9-24(4)10-15-27)32(37)22-36(30-19-26(6)13-18-31(30)41-7)42(39,40)28-16-11-25(5)12-17-28/h9-19,23,29H,8,20-22H2,1-7H3,(H,34,38). The van der Waals surface area contributed by atoms with E-state index in [1.54, 1.807) is 24.3 Å². The second-order valence-electron chi connectivity index (χ2n) is 11.1. The monoisotopic (exact) mass is 593 g/mol. The van der Waals surface area contributed by atoms with Crippen molar-refractivity contribution in [3.8, 4) is 5.75 Å². The summed E-state index contributed by atoms with van der Waals surface area (Å²) in [5, 5.41) is 2.95. The minimum absolute atomic E-state index is 0.0521. The van der Waals surface area contributed by atoms with E-state index in [1.165, 1.54) is 24.1 Å². The van der Waals surface area contributed by atoms with Gasteiger partial charge in [0.05, 0.1) is 17.7 Å². The van der Waals surface area contributed by atoms with Crippen LogP contribution in [0.5, 0.6) is 5.75 Å². The van der Waals surface area contributed by atoms with Gasteiger partial charge in [0.2, 0.25) is 11.8 Å². The Morgan fingerprint density at radius 1 is 0.881 bits per heavy atom. The predicted octanol–water partition coefficient (Wildman–Crippen LogP) is 5.40. The number of anilines is 1. The fraction of sp³-hybridized carbons (Fsp3) is 0.394. The third-order valence-electron chi connectivity index (χ3n) is 7.03. The number of hydrogen-bond donors (Lipinski definition) is 1. The van der Waals surface area contributed by atoms with Gasteiger partial charge >= 0.3 is 0 Å². The molecule has 1 unspecified atom stereocenters. The Morgan fingerprint density at radius 2 is 1.45 bits per heavy atom. The lowest BCUT2D eigenvalue weighted by Crippen LogP contribution is -2.52. The van der Waals surface area contributed by atoms with Crippen molar-refractivity contribution >= 4 is 27.5 Å². The predicted molar refractivity (Wildman–Crippen MR) is 167 cm³/mol. The van der Waals surface area contributed by atoms with Crippen molar-refractivity contribution in [3.05, 3.63) is 89.0 Å². The summed E-state index contributed by atoms with van der Waals surface area (Å²) >= 11 is 0. The summed E-state index contributed by atoms with van der Waals surface area (Å²) in [5.74, 6) is -0.221. The topological polar surface area (TPSA) is 96.0 Å². The molecule has 0 saturated heterocycles. The Balaban J connectivity index is 2.11. The summed E-state index contributed by atoms with van der Waals surface area (Å²) in [4.78, 5) is 29.2. The number of amides is 2. The molecule has 0 fully saturated rings. The van der Waals surface area contributed by atoms with Crippen LogP contribution in [0.4, 0.5) is 5.69 Å². The highest BCUT2D eigenvalue weighted by Gasteiger charge is 2.34. The number of methoxy groups -OCH3 is 1. The van der Waals surface area contributed by atoms with Gasteiger partial charge in [-0.2, -0.15) is 0 Å². The van der Waals surface area contributed by atoms with Crippen LogP contribution < -0.4 is 14.4 Å². The molecular formula is C33H43N3O5S. The second-order valence-corrected chi connectivity index (χ2v) is 12.9. The molecule has 0 saturated carbocycles. The molecule has 9 heteroatoms. The molecule has 0 radical (unpaired) electrons. The van der Waals surface area contributed by atoms with Gasteiger partial charge in [-0.1, -0.05) is 74.4 Å². The minimum atomic E-state index is -4.20. The zero-order valence-corrected chi connectivity index (χ0v) is 26.5. The van der Waals surface area contributed by atoms with Gasteiger partial charge in [-0.15, -0.1) is 0 Å². The molecule has 0 aliphatic carbocycles. The summed E-state index contributed by atoms with van der Waals surface area (Å²) < 4.78 is 34.9. The summed E-state index contributed by atoms with van der Waals surface area (Å²) in [7, 11) is -2.74. The lowest BCUT2D eigenvalue weighted by atomic mass is 10.1. The van der Waals surface area contributed by atoms with Gasteiger partial charge in [0.15, 0.2) is 0 Å². The average Bonchev–Trinajstić information content (AvgIpc) is 2.95. The highest BCUT2D eigenvalue weighted by atomic mass is 32.2. The highest BCUT2D eigenvalue weighted by molar-refractivity contribution is 7.92. The van der Waals surface area contributed by atoms with E-state index < -0.39 is 28.5 Å². The third kappa shape index (κ3) is 8.12. The van der Waals surface area contributed by atoms with Crippen molar-refractivity contribution in [3.63, 3.8) is 0 Å². The van der Waals surface area contributed by atoms with E-state index in [0.717, 1.165) is 26.6 Å². The summed E-state index contributed by atoms with van der Waals surface area (Å²) in [6.45, 7) is 11.6. The molecule has 3 aromatic carbocycles. The Bertz CT molecular complexity index is 1470. The van der Waals surface area contributed by atoms with E-state index in [0.29, 0.717) is 18.7 Å². The van der Waals surface area contributed by atoms with E-state index in [9.17, 15) is 18.0 Å². The van der Waals surface area contributed by atoms with Gasteiger partial charge in [-0.3, -0.25) is 13.9 Å². The minimum Gasteiger partial charge on any atom is -0.495 e. The summed E-state index contributed by atoms with van der Waals surface area (Å²) in [5.41, 5.74) is 3.87. The molecule has 0 heterocycles. The quantitative estimate of drug-likeness (QED) is 0.287. The smallest absolute Gasteiger partial charge is 0.264 e. The maximum atomic E-state index is 14.3. The number of carbonyl (C=O) groups is 2. The van der Waals surface area contributed by atoms with Gasteiger partial charge in [0.1, 0.15) is 18.3 Å². The van der Waals surface area contributed by atoms with Gasteiger partial charge < -0.3 is 15.0 Å². The average molecular weight is 594 g/mol. The second kappa shape index (κ2) is 14.4. The van der Waals surface area contributed by atoms with Crippen molar-refractivity contribution in [1.29, 1.82) is 0 Å². The number of rotatable bonds is 13. The van der Waals surface area contributed by atoms with Crippen LogP contribution in [0.15, 0.2) is 71.6 Å². The molecule has 0 aliphatic heterocycles. The molecule has 42 heavy (non-hydrogen) atoms. The van der Waals surface area contributed by atoms with Gasteiger partial charge in [-0.05, 0) is 68.5 Å². The van der Waals surface area contributed by atoms with Gasteiger partial charge in [-0.25, -0.2) is 8.42 Å². The van der Waals surface area contributed by atoms with E-state index in [4.69, 9.17) is 4.74 Å². The Labute approximate surface area is 250 Å². The highest BCUT2D eigenvalue weighted by Crippen LogP contribution is 2.34. The van der Waals surface area contributed by atoms with E-state index in [2.05, 4.69) is 5.32 Å². The molecule has 1 atom stereocenters. The molecular weight excluding hydrogens is 550 g/mol. The van der Waals surface area contributed by atoms with E-state index in [1.807, 2.05) is 71.9 Å². The first-order chi connectivity index (χ1) is 19.9. The first-order valence-corrected chi connectivity index (χ1v) is 15.7. The number of aryl methyl sites for hydroxylation is 3. The summed E-state index contributed by atoms with van der Waals surface area (Å²) in [6, 6.07) is 18.6. The molecule has 0 spiro atoms. The van der Waals surface area contributed by atoms with Crippen LogP contribution in [0, 0.1) is 26.7 Å². The number of nitrogens with one attached hydrogen (secondary N) is 1. The van der Waals surface area contributed by atoms with Crippen LogP contribution in [-0.4, -0.2) is 51.4 Å². The number of benzene rings is 3. The zero-order valence-electron chi connectivity index (χ0n) is 25.7. The van der Waals surface area contributed by atoms with Crippen LogP contribution in [0.3, 0.4) is 0 Å². The van der Waals surface area contributed by atoms with Gasteiger partial charge in [0.25, 0.3) is 10.0 Å². The Hall–Kier alpha value is -3.85. The Morgan fingerprint density at radius 3 is 2.00 bits per heavy atom. The molecule has 0 aromatic heterocycles. The van der Waals surface area contributed by atoms with Crippen molar-refractivity contribution in [1.82, 2.24) is 10.2 Å². The van der Waals surface area contributed by atoms with Gasteiger partial charge in [0, 0.05) is 13.1 Å². The number of sulfonamides is 1. The van der Waals surface area contributed by atoms with Crippen LogP contribution in [0.1, 0.15) is 49.4 Å². The lowest BCUT2D eigenvalue weighted by Gasteiger charge is -2.33. The summed E-state index contributed by atoms with van der Waals surface area (Å²) in [6.07, 6.45) is 0.361. The van der Waals surface area contributed by atoms with E-state index >= 15 is 0 Å². The first kappa shape index (κ1) is 32.7. The molecule has 3 aromatic rings. The fourth-order valence-corrected chi connectivity index (χ4v) is 5.99.